The van der Waals surface area contributed by atoms with Crippen LogP contribution in [-0.4, -0.2) is 24.2 Å². The second-order valence-corrected chi connectivity index (χ2v) is 7.86. The molecule has 134 valence electrons. The molecular formula is C17H14Cl2N4O2S. The topological polar surface area (TPSA) is 69.0 Å². The number of rotatable bonds is 4. The number of thiol groups is 1. The number of ether oxygens (including phenoxy) is 2. The van der Waals surface area contributed by atoms with Gasteiger partial charge in [0.25, 0.3) is 0 Å². The number of hydrogen-bond donors (Lipinski definition) is 1. The predicted octanol–water partition coefficient (Wildman–Crippen LogP) is 3.23. The van der Waals surface area contributed by atoms with Crippen LogP contribution in [-0.2, 0) is 11.3 Å². The van der Waals surface area contributed by atoms with E-state index in [-0.39, 0.29) is 0 Å². The zero-order valence-corrected chi connectivity index (χ0v) is 16.3. The van der Waals surface area contributed by atoms with Crippen molar-refractivity contribution in [1.29, 1.82) is 0 Å². The molecule has 26 heavy (non-hydrogen) atoms. The Balaban J connectivity index is 1.88. The first-order valence-electron chi connectivity index (χ1n) is 7.64. The van der Waals surface area contributed by atoms with Crippen LogP contribution in [0.5, 0.6) is 5.75 Å². The Morgan fingerprint density at radius 1 is 1.08 bits per heavy atom. The molecule has 1 unspecified atom stereocenters. The first kappa shape index (κ1) is 17.5. The van der Waals surface area contributed by atoms with Crippen molar-refractivity contribution in [2.45, 2.75) is 11.5 Å². The van der Waals surface area contributed by atoms with Crippen molar-refractivity contribution in [3.8, 4) is 5.75 Å². The molecule has 0 N–H and O–H groups in total. The highest BCUT2D eigenvalue weighted by Gasteiger charge is 2.17. The van der Waals surface area contributed by atoms with Crippen LogP contribution < -0.4 is 15.5 Å². The SMILES string of the molecule is COCc1cnc2c([SH]3N=c4cc(OC)cc(Cl)c4=N3)cc(Cl)cc2n1. The summed E-state index contributed by atoms with van der Waals surface area (Å²) in [7, 11) is 3.20. The maximum atomic E-state index is 6.32. The summed E-state index contributed by atoms with van der Waals surface area (Å²) in [5, 5.41) is 2.44. The van der Waals surface area contributed by atoms with Gasteiger partial charge in [0, 0.05) is 24.3 Å². The molecule has 0 saturated carbocycles. The van der Waals surface area contributed by atoms with E-state index >= 15 is 0 Å². The summed E-state index contributed by atoms with van der Waals surface area (Å²) < 4.78 is 19.8. The van der Waals surface area contributed by atoms with Crippen molar-refractivity contribution in [2.75, 3.05) is 14.2 Å². The lowest BCUT2D eigenvalue weighted by molar-refractivity contribution is 0.181. The normalized spacial score (nSPS) is 16.8. The number of benzene rings is 2. The van der Waals surface area contributed by atoms with Crippen LogP contribution in [0.25, 0.3) is 11.0 Å². The maximum Gasteiger partial charge on any atom is 0.122 e. The molecule has 0 aliphatic carbocycles. The van der Waals surface area contributed by atoms with E-state index in [1.54, 1.807) is 32.5 Å². The first-order chi connectivity index (χ1) is 12.6. The van der Waals surface area contributed by atoms with Crippen LogP contribution in [0.1, 0.15) is 5.69 Å². The van der Waals surface area contributed by atoms with Crippen LogP contribution in [0, 0.1) is 0 Å². The standard InChI is InChI=1S/C17H14Cl2N4O2S/c1-24-8-10-7-20-17-13(21-10)3-9(18)4-15(17)26-22-14-6-11(25-2)5-12(19)16(14)23-26/h3-7,26H,8H2,1-2H3. The molecule has 4 rings (SSSR count). The van der Waals surface area contributed by atoms with Gasteiger partial charge in [0.2, 0.25) is 0 Å². The van der Waals surface area contributed by atoms with E-state index in [1.165, 1.54) is 0 Å². The average molecular weight is 409 g/mol. The van der Waals surface area contributed by atoms with Crippen molar-refractivity contribution in [2.24, 2.45) is 8.80 Å². The predicted molar refractivity (Wildman–Crippen MR) is 103 cm³/mol. The van der Waals surface area contributed by atoms with Gasteiger partial charge < -0.3 is 9.47 Å². The summed E-state index contributed by atoms with van der Waals surface area (Å²) in [6.07, 6.45) is 1.69. The molecule has 9 heteroatoms. The minimum Gasteiger partial charge on any atom is -0.497 e. The molecule has 0 saturated heterocycles. The highest BCUT2D eigenvalue weighted by atomic mass is 35.5. The van der Waals surface area contributed by atoms with Crippen LogP contribution in [0.2, 0.25) is 10.0 Å². The van der Waals surface area contributed by atoms with Crippen molar-refractivity contribution in [1.82, 2.24) is 9.97 Å². The fourth-order valence-corrected chi connectivity index (χ4v) is 4.89. The lowest BCUT2D eigenvalue weighted by Crippen LogP contribution is -2.22. The molecule has 2 aromatic carbocycles. The highest BCUT2D eigenvalue weighted by Crippen LogP contribution is 2.44. The Labute approximate surface area is 162 Å². The monoisotopic (exact) mass is 408 g/mol. The third-order valence-electron chi connectivity index (χ3n) is 3.80. The Bertz CT molecular complexity index is 1140. The zero-order valence-electron chi connectivity index (χ0n) is 13.9. The quantitative estimate of drug-likeness (QED) is 0.672. The molecule has 3 aromatic rings. The number of hydrogen-bond acceptors (Lipinski definition) is 6. The lowest BCUT2D eigenvalue weighted by Gasteiger charge is -2.12. The average Bonchev–Trinajstić information content (AvgIpc) is 3.05. The van der Waals surface area contributed by atoms with Gasteiger partial charge in [-0.05, 0) is 23.4 Å². The van der Waals surface area contributed by atoms with Crippen LogP contribution in [0.3, 0.4) is 0 Å². The Hall–Kier alpha value is -1.93. The van der Waals surface area contributed by atoms with Gasteiger partial charge >= 0.3 is 0 Å². The number of halogens is 2. The van der Waals surface area contributed by atoms with E-state index in [0.717, 1.165) is 16.1 Å². The molecule has 0 bridgehead atoms. The number of methoxy groups -OCH3 is 2. The van der Waals surface area contributed by atoms with Crippen LogP contribution >= 0.6 is 34.5 Å². The van der Waals surface area contributed by atoms with E-state index in [1.807, 2.05) is 12.1 Å². The smallest absolute Gasteiger partial charge is 0.122 e. The van der Waals surface area contributed by atoms with E-state index in [0.29, 0.717) is 38.6 Å². The van der Waals surface area contributed by atoms with E-state index in [2.05, 4.69) is 9.97 Å². The Morgan fingerprint density at radius 2 is 1.92 bits per heavy atom. The summed E-state index contributed by atoms with van der Waals surface area (Å²) >= 11 is 11.4. The molecule has 6 nitrogen and oxygen atoms in total. The van der Waals surface area contributed by atoms with Crippen molar-refractivity contribution < 1.29 is 9.47 Å². The van der Waals surface area contributed by atoms with Gasteiger partial charge in [-0.3, -0.25) is 4.98 Å². The van der Waals surface area contributed by atoms with Gasteiger partial charge in [0.05, 0.1) is 41.0 Å². The summed E-state index contributed by atoms with van der Waals surface area (Å²) in [6, 6.07) is 7.17. The van der Waals surface area contributed by atoms with Gasteiger partial charge in [-0.2, -0.15) is 0 Å². The molecule has 1 aliphatic heterocycles. The summed E-state index contributed by atoms with van der Waals surface area (Å²) in [5.74, 6) is 0.643. The third-order valence-corrected chi connectivity index (χ3v) is 5.87. The van der Waals surface area contributed by atoms with Crippen molar-refractivity contribution >= 4 is 45.5 Å². The minimum absolute atomic E-state index is 0.384. The Kier molecular flexibility index (Phi) is 4.71. The molecule has 0 amide bonds. The highest BCUT2D eigenvalue weighted by molar-refractivity contribution is 8.14. The van der Waals surface area contributed by atoms with Crippen LogP contribution in [0.15, 0.2) is 44.2 Å². The molecule has 1 aliphatic rings. The molecule has 0 fully saturated rings. The van der Waals surface area contributed by atoms with Gasteiger partial charge in [-0.15, -0.1) is 0 Å². The van der Waals surface area contributed by atoms with Crippen molar-refractivity contribution in [3.63, 3.8) is 0 Å². The fraction of sp³-hybridized carbons (Fsp3) is 0.176. The second-order valence-electron chi connectivity index (χ2n) is 5.55. The summed E-state index contributed by atoms with van der Waals surface area (Å²) in [4.78, 5) is 9.94. The summed E-state index contributed by atoms with van der Waals surface area (Å²) in [5.41, 5.74) is 2.15. The first-order valence-corrected chi connectivity index (χ1v) is 9.64. The number of nitrogens with zero attached hydrogens (tertiary/aromatic N) is 4. The van der Waals surface area contributed by atoms with Crippen molar-refractivity contribution in [3.05, 3.63) is 56.9 Å². The Morgan fingerprint density at radius 3 is 2.69 bits per heavy atom. The van der Waals surface area contributed by atoms with E-state index < -0.39 is 11.3 Å². The fourth-order valence-electron chi connectivity index (χ4n) is 2.66. The molecule has 1 aromatic heterocycles. The van der Waals surface area contributed by atoms with Gasteiger partial charge in [0.1, 0.15) is 22.0 Å². The molecule has 2 heterocycles. The molecule has 0 spiro atoms. The van der Waals surface area contributed by atoms with Gasteiger partial charge in [-0.1, -0.05) is 23.2 Å². The largest absolute Gasteiger partial charge is 0.497 e. The van der Waals surface area contributed by atoms with Crippen LogP contribution in [0.4, 0.5) is 0 Å². The van der Waals surface area contributed by atoms with Gasteiger partial charge in [0.15, 0.2) is 0 Å². The summed E-state index contributed by atoms with van der Waals surface area (Å²) in [6.45, 7) is 0.384. The molecular weight excluding hydrogens is 395 g/mol. The van der Waals surface area contributed by atoms with E-state index in [4.69, 9.17) is 41.5 Å². The third kappa shape index (κ3) is 3.12. The minimum atomic E-state index is -1.24. The lowest BCUT2D eigenvalue weighted by atomic mass is 10.3. The number of fused-ring (bicyclic) bond motifs is 2. The maximum absolute atomic E-state index is 6.32. The number of aromatic nitrogens is 2. The second kappa shape index (κ2) is 7.00. The zero-order chi connectivity index (χ0) is 18.3. The van der Waals surface area contributed by atoms with Gasteiger partial charge in [-0.25, -0.2) is 13.8 Å². The van der Waals surface area contributed by atoms with E-state index in [9.17, 15) is 0 Å². The molecule has 1 atom stereocenters. The molecule has 0 radical (unpaired) electrons.